The Morgan fingerprint density at radius 2 is 1.92 bits per heavy atom. The van der Waals surface area contributed by atoms with Crippen molar-refractivity contribution < 1.29 is 13.9 Å². The molecule has 0 radical (unpaired) electrons. The van der Waals surface area contributed by atoms with Crippen molar-refractivity contribution in [2.24, 2.45) is 0 Å². The third kappa shape index (κ3) is 5.88. The van der Waals surface area contributed by atoms with E-state index >= 15 is 0 Å². The Kier molecular flexibility index (Phi) is 8.04. The summed E-state index contributed by atoms with van der Waals surface area (Å²) in [4.78, 5) is 24.9. The summed E-state index contributed by atoms with van der Waals surface area (Å²) < 4.78 is 19.0. The molecule has 0 unspecified atom stereocenters. The van der Waals surface area contributed by atoms with E-state index in [1.165, 1.54) is 41.4 Å². The minimum atomic E-state index is -0.519. The molecule has 0 atom stereocenters. The SMILES string of the molecule is CN(CCc1ccc(NC(=O)c2sc3ncnc(Nc4ccc(F)c(Cl)c4)c3c2N)cc1)C1CCOCC1. The van der Waals surface area contributed by atoms with Crippen LogP contribution in [0.1, 0.15) is 28.1 Å². The van der Waals surface area contributed by atoms with Gasteiger partial charge in [0, 0.05) is 37.2 Å². The third-order valence-corrected chi connectivity index (χ3v) is 8.09. The van der Waals surface area contributed by atoms with Crippen molar-refractivity contribution in [2.75, 3.05) is 43.2 Å². The van der Waals surface area contributed by atoms with Gasteiger partial charge < -0.3 is 26.0 Å². The van der Waals surface area contributed by atoms with Crippen LogP contribution in [0.5, 0.6) is 0 Å². The van der Waals surface area contributed by atoms with Crippen molar-refractivity contribution in [1.82, 2.24) is 14.9 Å². The van der Waals surface area contributed by atoms with Crippen LogP contribution in [0.3, 0.4) is 0 Å². The predicted octanol–water partition coefficient (Wildman–Crippen LogP) is 5.72. The number of carbonyl (C=O) groups is 1. The van der Waals surface area contributed by atoms with E-state index in [4.69, 9.17) is 22.1 Å². The molecule has 38 heavy (non-hydrogen) atoms. The average Bonchev–Trinajstić information content (AvgIpc) is 3.28. The molecule has 1 aliphatic heterocycles. The number of hydrogen-bond donors (Lipinski definition) is 3. The molecule has 198 valence electrons. The topological polar surface area (TPSA) is 105 Å². The zero-order valence-corrected chi connectivity index (χ0v) is 22.4. The Hall–Kier alpha value is -3.31. The summed E-state index contributed by atoms with van der Waals surface area (Å²) in [6.45, 7) is 2.64. The number of carbonyl (C=O) groups excluding carboxylic acids is 1. The summed E-state index contributed by atoms with van der Waals surface area (Å²) in [5, 5.41) is 6.52. The van der Waals surface area contributed by atoms with Crippen LogP contribution in [0.4, 0.5) is 27.3 Å². The first-order valence-electron chi connectivity index (χ1n) is 12.3. The number of benzene rings is 2. The standard InChI is InChI=1S/C27H28ClFN6O2S/c1-35(19-9-12-37-13-10-19)11-8-16-2-4-17(5-3-16)34-26(36)24-23(30)22-25(31-15-32-27(22)38-24)33-18-6-7-21(29)20(28)14-18/h2-7,14-15,19H,8-13,30H2,1H3,(H,34,36)(H,31,32,33). The van der Waals surface area contributed by atoms with Gasteiger partial charge in [-0.15, -0.1) is 11.3 Å². The lowest BCUT2D eigenvalue weighted by Crippen LogP contribution is -2.37. The highest BCUT2D eigenvalue weighted by Crippen LogP contribution is 2.37. The van der Waals surface area contributed by atoms with Gasteiger partial charge in [0.15, 0.2) is 0 Å². The maximum atomic E-state index is 13.5. The maximum absolute atomic E-state index is 13.5. The third-order valence-electron chi connectivity index (χ3n) is 6.69. The molecule has 0 saturated carbocycles. The van der Waals surface area contributed by atoms with Gasteiger partial charge in [-0.25, -0.2) is 14.4 Å². The monoisotopic (exact) mass is 554 g/mol. The number of nitrogen functional groups attached to an aromatic ring is 1. The summed E-state index contributed by atoms with van der Waals surface area (Å²) in [7, 11) is 2.17. The van der Waals surface area contributed by atoms with E-state index in [0.29, 0.717) is 38.3 Å². The van der Waals surface area contributed by atoms with Crippen LogP contribution < -0.4 is 16.4 Å². The fraction of sp³-hybridized carbons (Fsp3) is 0.296. The second-order valence-corrected chi connectivity index (χ2v) is 10.6. The van der Waals surface area contributed by atoms with E-state index in [1.54, 1.807) is 0 Å². The lowest BCUT2D eigenvalue weighted by atomic mass is 10.1. The van der Waals surface area contributed by atoms with E-state index in [0.717, 1.165) is 39.0 Å². The van der Waals surface area contributed by atoms with Gasteiger partial charge in [0.05, 0.1) is 16.1 Å². The Morgan fingerprint density at radius 1 is 1.18 bits per heavy atom. The summed E-state index contributed by atoms with van der Waals surface area (Å²) in [5.74, 6) is -0.441. The minimum absolute atomic E-state index is 0.0176. The second-order valence-electron chi connectivity index (χ2n) is 9.23. The Balaban J connectivity index is 1.25. The first kappa shape index (κ1) is 26.3. The quantitative estimate of drug-likeness (QED) is 0.256. The number of amides is 1. The summed E-state index contributed by atoms with van der Waals surface area (Å²) >= 11 is 7.08. The van der Waals surface area contributed by atoms with Crippen LogP contribution in [-0.2, 0) is 11.2 Å². The Bertz CT molecular complexity index is 1440. The molecule has 3 heterocycles. The first-order chi connectivity index (χ1) is 18.4. The number of aromatic nitrogens is 2. The van der Waals surface area contributed by atoms with Crippen LogP contribution in [0.15, 0.2) is 48.8 Å². The average molecular weight is 555 g/mol. The molecule has 1 fully saturated rings. The van der Waals surface area contributed by atoms with Crippen LogP contribution >= 0.6 is 22.9 Å². The van der Waals surface area contributed by atoms with Crippen molar-refractivity contribution in [3.63, 3.8) is 0 Å². The fourth-order valence-corrected chi connectivity index (χ4v) is 5.62. The van der Waals surface area contributed by atoms with Gasteiger partial charge in [0.25, 0.3) is 5.91 Å². The molecule has 5 rings (SSSR count). The smallest absolute Gasteiger partial charge is 0.267 e. The number of nitrogens with two attached hydrogens (primary N) is 1. The molecule has 4 N–H and O–H groups in total. The van der Waals surface area contributed by atoms with E-state index in [2.05, 4.69) is 32.5 Å². The number of rotatable bonds is 8. The first-order valence-corrected chi connectivity index (χ1v) is 13.5. The summed E-state index contributed by atoms with van der Waals surface area (Å²) in [6, 6.07) is 12.7. The van der Waals surface area contributed by atoms with Crippen LogP contribution in [0, 0.1) is 5.82 Å². The summed E-state index contributed by atoms with van der Waals surface area (Å²) in [5.41, 5.74) is 9.07. The molecule has 4 aromatic rings. The molecule has 1 aliphatic rings. The molecular formula is C27H28ClFN6O2S. The molecule has 0 spiro atoms. The van der Waals surface area contributed by atoms with Gasteiger partial charge in [-0.1, -0.05) is 23.7 Å². The molecule has 1 saturated heterocycles. The van der Waals surface area contributed by atoms with E-state index in [9.17, 15) is 9.18 Å². The Morgan fingerprint density at radius 3 is 2.66 bits per heavy atom. The molecule has 1 amide bonds. The normalized spacial score (nSPS) is 14.2. The largest absolute Gasteiger partial charge is 0.397 e. The predicted molar refractivity (Wildman–Crippen MR) is 151 cm³/mol. The number of likely N-dealkylation sites (N-methyl/N-ethyl adjacent to an activating group) is 1. The lowest BCUT2D eigenvalue weighted by Gasteiger charge is -2.31. The number of halogens is 2. The van der Waals surface area contributed by atoms with Crippen molar-refractivity contribution in [1.29, 1.82) is 0 Å². The van der Waals surface area contributed by atoms with E-state index in [1.807, 2.05) is 24.3 Å². The van der Waals surface area contributed by atoms with Gasteiger partial charge in [-0.05, 0) is 62.2 Å². The van der Waals surface area contributed by atoms with Crippen molar-refractivity contribution >= 4 is 61.9 Å². The highest BCUT2D eigenvalue weighted by molar-refractivity contribution is 7.21. The molecule has 2 aromatic heterocycles. The molecule has 0 aliphatic carbocycles. The van der Waals surface area contributed by atoms with Gasteiger partial charge in [0.1, 0.15) is 27.7 Å². The number of hydrogen-bond acceptors (Lipinski definition) is 8. The van der Waals surface area contributed by atoms with Gasteiger partial charge in [-0.2, -0.15) is 0 Å². The highest BCUT2D eigenvalue weighted by atomic mass is 35.5. The fourth-order valence-electron chi connectivity index (χ4n) is 4.49. The molecule has 11 heteroatoms. The van der Waals surface area contributed by atoms with Crippen molar-refractivity contribution in [2.45, 2.75) is 25.3 Å². The highest BCUT2D eigenvalue weighted by Gasteiger charge is 2.21. The number of fused-ring (bicyclic) bond motifs is 1. The zero-order valence-electron chi connectivity index (χ0n) is 20.8. The van der Waals surface area contributed by atoms with Gasteiger partial charge >= 0.3 is 0 Å². The van der Waals surface area contributed by atoms with Crippen molar-refractivity contribution in [3.8, 4) is 0 Å². The maximum Gasteiger partial charge on any atom is 0.267 e. The second kappa shape index (κ2) is 11.6. The minimum Gasteiger partial charge on any atom is -0.397 e. The van der Waals surface area contributed by atoms with E-state index in [-0.39, 0.29) is 16.6 Å². The number of nitrogens with one attached hydrogen (secondary N) is 2. The molecule has 8 nitrogen and oxygen atoms in total. The zero-order chi connectivity index (χ0) is 26.6. The number of anilines is 4. The molecule has 2 aromatic carbocycles. The Labute approximate surface area is 229 Å². The van der Waals surface area contributed by atoms with Crippen molar-refractivity contribution in [3.05, 3.63) is 70.1 Å². The lowest BCUT2D eigenvalue weighted by molar-refractivity contribution is 0.0434. The number of nitrogens with zero attached hydrogens (tertiary/aromatic N) is 3. The van der Waals surface area contributed by atoms with Gasteiger partial charge in [0.2, 0.25) is 0 Å². The van der Waals surface area contributed by atoms with Crippen LogP contribution in [0.25, 0.3) is 10.2 Å². The van der Waals surface area contributed by atoms with E-state index < -0.39 is 5.82 Å². The molecule has 0 bridgehead atoms. The van der Waals surface area contributed by atoms with Crippen LogP contribution in [0.2, 0.25) is 5.02 Å². The number of ether oxygens (including phenoxy) is 1. The van der Waals surface area contributed by atoms with Gasteiger partial charge in [-0.3, -0.25) is 4.79 Å². The van der Waals surface area contributed by atoms with Crippen LogP contribution in [-0.4, -0.2) is 53.6 Å². The molecular weight excluding hydrogens is 527 g/mol. The number of thiophene rings is 1. The summed E-state index contributed by atoms with van der Waals surface area (Å²) in [6.07, 6.45) is 4.46.